The van der Waals surface area contributed by atoms with E-state index in [-0.39, 0.29) is 12.0 Å². The van der Waals surface area contributed by atoms with E-state index in [0.717, 1.165) is 9.21 Å². The van der Waals surface area contributed by atoms with Gasteiger partial charge >= 0.3 is 0 Å². The maximum atomic E-state index is 11.5. The molecule has 0 saturated carbocycles. The van der Waals surface area contributed by atoms with Gasteiger partial charge in [0.25, 0.3) is 0 Å². The molecule has 1 atom stereocenters. The van der Waals surface area contributed by atoms with Crippen LogP contribution in [0.5, 0.6) is 0 Å². The largest absolute Gasteiger partial charge is 0.374 e. The minimum Gasteiger partial charge on any atom is -0.374 e. The van der Waals surface area contributed by atoms with E-state index in [1.807, 2.05) is 26.0 Å². The van der Waals surface area contributed by atoms with Gasteiger partial charge < -0.3 is 10.1 Å². The molecule has 0 aliphatic rings. The number of rotatable bonds is 6. The lowest BCUT2D eigenvalue weighted by Crippen LogP contribution is -2.29. The van der Waals surface area contributed by atoms with Gasteiger partial charge in [-0.2, -0.15) is 0 Å². The summed E-state index contributed by atoms with van der Waals surface area (Å²) >= 11 is 7.34. The predicted molar refractivity (Wildman–Crippen MR) is 71.5 cm³/mol. The highest BCUT2D eigenvalue weighted by Gasteiger charge is 2.14. The topological polar surface area (TPSA) is 38.3 Å². The Morgan fingerprint density at radius 3 is 2.71 bits per heavy atom. The van der Waals surface area contributed by atoms with Crippen LogP contribution in [-0.4, -0.2) is 19.6 Å². The summed E-state index contributed by atoms with van der Waals surface area (Å²) < 4.78 is 6.07. The normalized spacial score (nSPS) is 12.8. The standard InChI is InChI=1S/C12H18ClNO2S/c1-8(2)6-12(15)14-7-9(16-3)10-4-5-11(13)17-10/h4-5,8-9H,6-7H2,1-3H3,(H,14,15). The first-order valence-electron chi connectivity index (χ1n) is 5.57. The van der Waals surface area contributed by atoms with Crippen molar-refractivity contribution in [3.8, 4) is 0 Å². The second-order valence-electron chi connectivity index (χ2n) is 4.27. The number of methoxy groups -OCH3 is 1. The molecule has 1 amide bonds. The zero-order chi connectivity index (χ0) is 12.8. The van der Waals surface area contributed by atoms with Crippen LogP contribution in [0.4, 0.5) is 0 Å². The number of ether oxygens (including phenoxy) is 1. The lowest BCUT2D eigenvalue weighted by molar-refractivity contribution is -0.122. The van der Waals surface area contributed by atoms with Gasteiger partial charge in [-0.1, -0.05) is 25.4 Å². The minimum atomic E-state index is -0.122. The van der Waals surface area contributed by atoms with Crippen molar-refractivity contribution in [3.63, 3.8) is 0 Å². The highest BCUT2D eigenvalue weighted by atomic mass is 35.5. The zero-order valence-corrected chi connectivity index (χ0v) is 11.9. The Bertz CT molecular complexity index is 365. The molecule has 0 aliphatic carbocycles. The smallest absolute Gasteiger partial charge is 0.220 e. The molecule has 0 bridgehead atoms. The number of halogens is 1. The Hall–Kier alpha value is -0.580. The molecule has 1 unspecified atom stereocenters. The van der Waals surface area contributed by atoms with Crippen molar-refractivity contribution in [2.45, 2.75) is 26.4 Å². The van der Waals surface area contributed by atoms with Crippen LogP contribution >= 0.6 is 22.9 Å². The van der Waals surface area contributed by atoms with E-state index in [2.05, 4.69) is 5.32 Å². The fraction of sp³-hybridized carbons (Fsp3) is 0.583. The lowest BCUT2D eigenvalue weighted by Gasteiger charge is -2.15. The van der Waals surface area contributed by atoms with Gasteiger partial charge in [0.15, 0.2) is 0 Å². The van der Waals surface area contributed by atoms with Crippen LogP contribution in [0.1, 0.15) is 31.2 Å². The number of hydrogen-bond acceptors (Lipinski definition) is 3. The van der Waals surface area contributed by atoms with Gasteiger partial charge in [0.1, 0.15) is 6.10 Å². The molecule has 17 heavy (non-hydrogen) atoms. The van der Waals surface area contributed by atoms with Gasteiger partial charge in [0.05, 0.1) is 4.34 Å². The summed E-state index contributed by atoms with van der Waals surface area (Å²) in [5.74, 6) is 0.428. The van der Waals surface area contributed by atoms with Crippen LogP contribution in [0, 0.1) is 5.92 Å². The van der Waals surface area contributed by atoms with Crippen molar-refractivity contribution < 1.29 is 9.53 Å². The number of thiophene rings is 1. The van der Waals surface area contributed by atoms with E-state index in [9.17, 15) is 4.79 Å². The lowest BCUT2D eigenvalue weighted by atomic mass is 10.1. The molecule has 1 N–H and O–H groups in total. The third-order valence-electron chi connectivity index (χ3n) is 2.27. The predicted octanol–water partition coefficient (Wildman–Crippen LogP) is 3.25. The molecule has 1 rings (SSSR count). The highest BCUT2D eigenvalue weighted by molar-refractivity contribution is 7.16. The third kappa shape index (κ3) is 5.06. The molecule has 0 fully saturated rings. The Balaban J connectivity index is 2.45. The van der Waals surface area contributed by atoms with Crippen molar-refractivity contribution in [1.29, 1.82) is 0 Å². The third-order valence-corrected chi connectivity index (χ3v) is 3.60. The number of carbonyl (C=O) groups excluding carboxylic acids is 1. The van der Waals surface area contributed by atoms with Crippen LogP contribution in [0.25, 0.3) is 0 Å². The molecule has 3 nitrogen and oxygen atoms in total. The highest BCUT2D eigenvalue weighted by Crippen LogP contribution is 2.28. The van der Waals surface area contributed by atoms with Gasteiger partial charge in [0.2, 0.25) is 5.91 Å². The second-order valence-corrected chi connectivity index (χ2v) is 6.01. The van der Waals surface area contributed by atoms with Crippen LogP contribution in [-0.2, 0) is 9.53 Å². The SMILES string of the molecule is COC(CNC(=O)CC(C)C)c1ccc(Cl)s1. The first kappa shape index (κ1) is 14.5. The molecule has 0 saturated heterocycles. The van der Waals surface area contributed by atoms with Crippen LogP contribution in [0.15, 0.2) is 12.1 Å². The second kappa shape index (κ2) is 6.99. The summed E-state index contributed by atoms with van der Waals surface area (Å²) in [6.45, 7) is 4.53. The summed E-state index contributed by atoms with van der Waals surface area (Å²) in [4.78, 5) is 12.6. The molecule has 0 aromatic carbocycles. The fourth-order valence-corrected chi connectivity index (χ4v) is 2.59. The van der Waals surface area contributed by atoms with Crippen molar-refractivity contribution in [2.24, 2.45) is 5.92 Å². The Morgan fingerprint density at radius 1 is 1.53 bits per heavy atom. The molecule has 5 heteroatoms. The van der Waals surface area contributed by atoms with Crippen molar-refractivity contribution in [3.05, 3.63) is 21.3 Å². The molecular weight excluding hydrogens is 258 g/mol. The molecule has 0 spiro atoms. The Kier molecular flexibility index (Phi) is 5.95. The van der Waals surface area contributed by atoms with Crippen LogP contribution in [0.3, 0.4) is 0 Å². The molecule has 0 aliphatic heterocycles. The summed E-state index contributed by atoms with van der Waals surface area (Å²) in [5.41, 5.74) is 0. The van der Waals surface area contributed by atoms with Crippen molar-refractivity contribution in [1.82, 2.24) is 5.32 Å². The molecule has 1 aromatic rings. The Labute approximate surface area is 111 Å². The quantitative estimate of drug-likeness (QED) is 0.865. The molecule has 1 aromatic heterocycles. The van der Waals surface area contributed by atoms with E-state index in [4.69, 9.17) is 16.3 Å². The first-order chi connectivity index (χ1) is 8.02. The van der Waals surface area contributed by atoms with Gasteiger partial charge in [-0.05, 0) is 18.1 Å². The minimum absolute atomic E-state index is 0.0599. The number of carbonyl (C=O) groups is 1. The molecule has 0 radical (unpaired) electrons. The van der Waals surface area contributed by atoms with E-state index >= 15 is 0 Å². The summed E-state index contributed by atoms with van der Waals surface area (Å²) in [7, 11) is 1.63. The summed E-state index contributed by atoms with van der Waals surface area (Å²) in [5, 5.41) is 2.87. The average Bonchev–Trinajstić information content (AvgIpc) is 2.65. The van der Waals surface area contributed by atoms with E-state index in [0.29, 0.717) is 18.9 Å². The van der Waals surface area contributed by atoms with E-state index in [1.54, 1.807) is 7.11 Å². The summed E-state index contributed by atoms with van der Waals surface area (Å²) in [6.07, 6.45) is 0.422. The monoisotopic (exact) mass is 275 g/mol. The molecule has 96 valence electrons. The van der Waals surface area contributed by atoms with Crippen LogP contribution < -0.4 is 5.32 Å². The number of hydrogen-bond donors (Lipinski definition) is 1. The van der Waals surface area contributed by atoms with Gasteiger partial charge in [-0.15, -0.1) is 11.3 Å². The van der Waals surface area contributed by atoms with Crippen LogP contribution in [0.2, 0.25) is 4.34 Å². The maximum Gasteiger partial charge on any atom is 0.220 e. The van der Waals surface area contributed by atoms with Crippen molar-refractivity contribution in [2.75, 3.05) is 13.7 Å². The van der Waals surface area contributed by atoms with Gasteiger partial charge in [-0.3, -0.25) is 4.79 Å². The van der Waals surface area contributed by atoms with Crippen molar-refractivity contribution >= 4 is 28.8 Å². The van der Waals surface area contributed by atoms with E-state index in [1.165, 1.54) is 11.3 Å². The fourth-order valence-electron chi connectivity index (χ4n) is 1.45. The van der Waals surface area contributed by atoms with Gasteiger partial charge in [-0.25, -0.2) is 0 Å². The van der Waals surface area contributed by atoms with E-state index < -0.39 is 0 Å². The number of nitrogens with one attached hydrogen (secondary N) is 1. The molecule has 1 heterocycles. The maximum absolute atomic E-state index is 11.5. The summed E-state index contributed by atoms with van der Waals surface area (Å²) in [6, 6.07) is 3.76. The first-order valence-corrected chi connectivity index (χ1v) is 6.77. The zero-order valence-electron chi connectivity index (χ0n) is 10.3. The average molecular weight is 276 g/mol. The van der Waals surface area contributed by atoms with Gasteiger partial charge in [0, 0.05) is 25.0 Å². The molecular formula is C12H18ClNO2S. The number of amides is 1. The Morgan fingerprint density at radius 2 is 2.24 bits per heavy atom.